The second-order valence-electron chi connectivity index (χ2n) is 3.56. The van der Waals surface area contributed by atoms with Gasteiger partial charge in [0.1, 0.15) is 11.3 Å². The third-order valence-corrected chi connectivity index (χ3v) is 2.87. The number of carbonyl (C=O) groups is 1. The summed E-state index contributed by atoms with van der Waals surface area (Å²) in [5, 5.41) is 16.5. The topological polar surface area (TPSA) is 66.0 Å². The number of hydrogen-bond donors (Lipinski definition) is 2. The number of hydrogen-bond acceptors (Lipinski definition) is 2. The summed E-state index contributed by atoms with van der Waals surface area (Å²) in [4.78, 5) is 11.2. The molecule has 88 valence electrons. The highest BCUT2D eigenvalue weighted by Crippen LogP contribution is 2.30. The van der Waals surface area contributed by atoms with Crippen molar-refractivity contribution in [3.05, 3.63) is 40.5 Å². The highest BCUT2D eigenvalue weighted by Gasteiger charge is 2.21. The van der Waals surface area contributed by atoms with Crippen molar-refractivity contribution >= 4 is 17.6 Å². The summed E-state index contributed by atoms with van der Waals surface area (Å²) < 4.78 is 0. The Morgan fingerprint density at radius 3 is 2.76 bits per heavy atom. The molecule has 0 aliphatic heterocycles. The highest BCUT2D eigenvalue weighted by molar-refractivity contribution is 6.33. The van der Waals surface area contributed by atoms with Crippen molar-refractivity contribution in [2.45, 2.75) is 13.3 Å². The molecule has 4 nitrogen and oxygen atoms in total. The van der Waals surface area contributed by atoms with Gasteiger partial charge in [-0.2, -0.15) is 5.10 Å². The first-order chi connectivity index (χ1) is 8.15. The number of carboxylic acids is 1. The van der Waals surface area contributed by atoms with Crippen LogP contribution in [0.5, 0.6) is 0 Å². The zero-order chi connectivity index (χ0) is 12.4. The van der Waals surface area contributed by atoms with Gasteiger partial charge in [-0.1, -0.05) is 36.7 Å². The molecule has 5 heteroatoms. The smallest absolute Gasteiger partial charge is 0.339 e. The van der Waals surface area contributed by atoms with Crippen LogP contribution in [0.2, 0.25) is 5.02 Å². The van der Waals surface area contributed by atoms with Gasteiger partial charge in [0.05, 0.1) is 10.7 Å². The van der Waals surface area contributed by atoms with Crippen LogP contribution in [-0.4, -0.2) is 21.3 Å². The molecule has 1 heterocycles. The van der Waals surface area contributed by atoms with Crippen LogP contribution < -0.4 is 0 Å². The van der Waals surface area contributed by atoms with Crippen LogP contribution in [0.15, 0.2) is 24.3 Å². The quantitative estimate of drug-likeness (QED) is 0.880. The number of aromatic carboxylic acids is 1. The number of nitrogens with one attached hydrogen (secondary N) is 1. The minimum Gasteiger partial charge on any atom is -0.478 e. The zero-order valence-electron chi connectivity index (χ0n) is 9.20. The first kappa shape index (κ1) is 11.7. The molecule has 0 aliphatic rings. The van der Waals surface area contributed by atoms with E-state index in [1.54, 1.807) is 24.3 Å². The van der Waals surface area contributed by atoms with E-state index in [1.807, 2.05) is 6.92 Å². The summed E-state index contributed by atoms with van der Waals surface area (Å²) in [6.45, 7) is 1.87. The lowest BCUT2D eigenvalue weighted by Gasteiger charge is -2.02. The monoisotopic (exact) mass is 250 g/mol. The maximum absolute atomic E-state index is 11.2. The van der Waals surface area contributed by atoms with Crippen LogP contribution in [0.3, 0.4) is 0 Å². The molecule has 0 saturated carbocycles. The predicted molar refractivity (Wildman–Crippen MR) is 65.4 cm³/mol. The van der Waals surface area contributed by atoms with Gasteiger partial charge in [-0.3, -0.25) is 5.10 Å². The summed E-state index contributed by atoms with van der Waals surface area (Å²) in [7, 11) is 0. The summed E-state index contributed by atoms with van der Waals surface area (Å²) in [5.41, 5.74) is 1.82. The van der Waals surface area contributed by atoms with E-state index < -0.39 is 5.97 Å². The van der Waals surface area contributed by atoms with Gasteiger partial charge in [-0.15, -0.1) is 0 Å². The molecule has 17 heavy (non-hydrogen) atoms. The molecule has 0 amide bonds. The van der Waals surface area contributed by atoms with Crippen molar-refractivity contribution in [2.75, 3.05) is 0 Å². The molecular formula is C12H11ClN2O2. The van der Waals surface area contributed by atoms with E-state index in [-0.39, 0.29) is 5.56 Å². The van der Waals surface area contributed by atoms with Gasteiger partial charge < -0.3 is 5.11 Å². The fourth-order valence-electron chi connectivity index (χ4n) is 1.71. The Kier molecular flexibility index (Phi) is 3.15. The van der Waals surface area contributed by atoms with Crippen LogP contribution in [-0.2, 0) is 6.42 Å². The normalized spacial score (nSPS) is 10.5. The molecule has 2 aromatic rings. The van der Waals surface area contributed by atoms with Gasteiger partial charge in [-0.05, 0) is 12.5 Å². The molecule has 0 radical (unpaired) electrons. The van der Waals surface area contributed by atoms with Crippen LogP contribution in [0.25, 0.3) is 11.3 Å². The number of nitrogens with zero attached hydrogens (tertiary/aromatic N) is 1. The van der Waals surface area contributed by atoms with E-state index in [9.17, 15) is 9.90 Å². The maximum Gasteiger partial charge on any atom is 0.339 e. The fraction of sp³-hybridized carbons (Fsp3) is 0.167. The number of benzene rings is 1. The molecule has 1 aromatic heterocycles. The second-order valence-corrected chi connectivity index (χ2v) is 3.97. The average molecular weight is 251 g/mol. The fourth-order valence-corrected chi connectivity index (χ4v) is 1.94. The van der Waals surface area contributed by atoms with Gasteiger partial charge >= 0.3 is 5.97 Å². The Morgan fingerprint density at radius 2 is 2.18 bits per heavy atom. The van der Waals surface area contributed by atoms with Crippen molar-refractivity contribution in [3.8, 4) is 11.3 Å². The van der Waals surface area contributed by atoms with Crippen molar-refractivity contribution < 1.29 is 9.90 Å². The van der Waals surface area contributed by atoms with Gasteiger partial charge in [0.25, 0.3) is 0 Å². The molecule has 0 atom stereocenters. The lowest BCUT2D eigenvalue weighted by atomic mass is 10.1. The van der Waals surface area contributed by atoms with Gasteiger partial charge in [-0.25, -0.2) is 4.79 Å². The number of aryl methyl sites for hydroxylation is 1. The van der Waals surface area contributed by atoms with Crippen molar-refractivity contribution in [3.63, 3.8) is 0 Å². The minimum absolute atomic E-state index is 0.195. The van der Waals surface area contributed by atoms with Gasteiger partial charge in [0.2, 0.25) is 0 Å². The Hall–Kier alpha value is -1.81. The first-order valence-electron chi connectivity index (χ1n) is 5.20. The SMILES string of the molecule is CCc1[nH]nc(-c2ccccc2Cl)c1C(=O)O. The molecule has 0 aliphatic carbocycles. The number of halogens is 1. The third kappa shape index (κ3) is 2.03. The molecule has 2 N–H and O–H groups in total. The van der Waals surface area contributed by atoms with Crippen LogP contribution in [0.1, 0.15) is 23.0 Å². The van der Waals surface area contributed by atoms with Gasteiger partial charge in [0.15, 0.2) is 0 Å². The van der Waals surface area contributed by atoms with Crippen LogP contribution in [0.4, 0.5) is 0 Å². The molecule has 0 fully saturated rings. The summed E-state index contributed by atoms with van der Waals surface area (Å²) in [6.07, 6.45) is 0.582. The third-order valence-electron chi connectivity index (χ3n) is 2.54. The van der Waals surface area contributed by atoms with E-state index in [0.29, 0.717) is 28.4 Å². The number of carboxylic acid groups (broad SMARTS) is 1. The first-order valence-corrected chi connectivity index (χ1v) is 5.58. The summed E-state index contributed by atoms with van der Waals surface area (Å²) >= 11 is 6.04. The van der Waals surface area contributed by atoms with Crippen molar-refractivity contribution in [2.24, 2.45) is 0 Å². The minimum atomic E-state index is -0.995. The predicted octanol–water partition coefficient (Wildman–Crippen LogP) is 2.99. The maximum atomic E-state index is 11.2. The Morgan fingerprint density at radius 1 is 1.47 bits per heavy atom. The molecule has 0 bridgehead atoms. The van der Waals surface area contributed by atoms with Crippen molar-refractivity contribution in [1.82, 2.24) is 10.2 Å². The van der Waals surface area contributed by atoms with E-state index >= 15 is 0 Å². The molecule has 0 spiro atoms. The number of rotatable bonds is 3. The van der Waals surface area contributed by atoms with Crippen molar-refractivity contribution in [1.29, 1.82) is 0 Å². The second kappa shape index (κ2) is 4.59. The van der Waals surface area contributed by atoms with E-state index in [2.05, 4.69) is 10.2 Å². The molecule has 0 saturated heterocycles. The van der Waals surface area contributed by atoms with Gasteiger partial charge in [0, 0.05) is 5.56 Å². The van der Waals surface area contributed by atoms with E-state index in [0.717, 1.165) is 0 Å². The van der Waals surface area contributed by atoms with Crippen LogP contribution >= 0.6 is 11.6 Å². The lowest BCUT2D eigenvalue weighted by molar-refractivity contribution is 0.0696. The largest absolute Gasteiger partial charge is 0.478 e. The number of aromatic amines is 1. The standard InChI is InChI=1S/C12H11ClN2O2/c1-2-9-10(12(16)17)11(15-14-9)7-5-3-4-6-8(7)13/h3-6H,2H2,1H3,(H,14,15)(H,16,17). The van der Waals surface area contributed by atoms with E-state index in [4.69, 9.17) is 11.6 Å². The number of aromatic nitrogens is 2. The summed E-state index contributed by atoms with van der Waals surface area (Å²) in [6, 6.07) is 7.06. The van der Waals surface area contributed by atoms with E-state index in [1.165, 1.54) is 0 Å². The Balaban J connectivity index is 2.64. The van der Waals surface area contributed by atoms with Crippen LogP contribution in [0, 0.1) is 0 Å². The molecule has 0 unspecified atom stereocenters. The molecule has 1 aromatic carbocycles. The summed E-state index contributed by atoms with van der Waals surface area (Å²) in [5.74, 6) is -0.995. The Bertz CT molecular complexity index is 563. The molecular weight excluding hydrogens is 240 g/mol. The average Bonchev–Trinajstić information content (AvgIpc) is 2.73. The lowest BCUT2D eigenvalue weighted by Crippen LogP contribution is -2.01. The Labute approximate surface area is 103 Å². The zero-order valence-corrected chi connectivity index (χ0v) is 9.95. The number of H-pyrrole nitrogens is 1. The molecule has 2 rings (SSSR count). The highest BCUT2D eigenvalue weighted by atomic mass is 35.5.